The molecule has 2 aromatic rings. The van der Waals surface area contributed by atoms with Gasteiger partial charge in [0.2, 0.25) is 0 Å². The number of carbonyl (C=O) groups is 2. The predicted octanol–water partition coefficient (Wildman–Crippen LogP) is 4.80. The lowest BCUT2D eigenvalue weighted by Gasteiger charge is -2.35. The van der Waals surface area contributed by atoms with E-state index in [0.29, 0.717) is 0 Å². The Balaban J connectivity index is 2.55. The predicted molar refractivity (Wildman–Crippen MR) is 99.4 cm³/mol. The van der Waals surface area contributed by atoms with Crippen molar-refractivity contribution in [1.29, 1.82) is 0 Å². The highest BCUT2D eigenvalue weighted by Crippen LogP contribution is 2.34. The second-order valence-corrected chi connectivity index (χ2v) is 6.47. The number of hydrogen-bond acceptors (Lipinski definition) is 4. The zero-order chi connectivity index (χ0) is 21.8. The zero-order valence-corrected chi connectivity index (χ0v) is 16.3. The van der Waals surface area contributed by atoms with E-state index in [4.69, 9.17) is 23.2 Å². The summed E-state index contributed by atoms with van der Waals surface area (Å²) in [4.78, 5) is 24.9. The van der Waals surface area contributed by atoms with Crippen molar-refractivity contribution in [2.75, 3.05) is 11.9 Å². The van der Waals surface area contributed by atoms with E-state index in [1.165, 1.54) is 31.2 Å². The lowest BCUT2D eigenvalue weighted by atomic mass is 10.1. The molecule has 0 bridgehead atoms. The van der Waals surface area contributed by atoms with Crippen LogP contribution in [0.15, 0.2) is 42.5 Å². The largest absolute Gasteiger partial charge is 0.463 e. The molecule has 0 aliphatic rings. The van der Waals surface area contributed by atoms with Gasteiger partial charge in [-0.1, -0.05) is 35.3 Å². The number of rotatable bonds is 6. The Labute approximate surface area is 172 Å². The molecule has 0 aromatic heterocycles. The van der Waals surface area contributed by atoms with Crippen molar-refractivity contribution < 1.29 is 31.9 Å². The molecule has 2 rings (SSSR count). The molecule has 0 fully saturated rings. The van der Waals surface area contributed by atoms with Crippen LogP contribution in [0.4, 0.5) is 23.2 Å². The Morgan fingerprint density at radius 3 is 2.28 bits per heavy atom. The molecule has 5 nitrogen and oxygen atoms in total. The Hall–Kier alpha value is -2.52. The maximum atomic E-state index is 14.1. The zero-order valence-electron chi connectivity index (χ0n) is 14.7. The summed E-state index contributed by atoms with van der Waals surface area (Å²) in [5, 5.41) is 2.88. The van der Waals surface area contributed by atoms with Crippen LogP contribution < -0.4 is 10.6 Å². The fourth-order valence-electron chi connectivity index (χ4n) is 2.30. The highest BCUT2D eigenvalue weighted by atomic mass is 35.5. The number of carbonyl (C=O) groups excluding carboxylic acids is 2. The molecule has 1 amide bonds. The standard InChI is InChI=1S/C18H14Cl2F4N2O3/c1-2-29-16(28)17(18(22,23)24,25-10-7-8-14(21)13(20)9-10)26-15(27)11-5-3-4-6-12(11)19/h3-9,25H,2H2,1H3,(H,26,27)/t17-/m0/s1. The minimum absolute atomic E-state index is 0.130. The van der Waals surface area contributed by atoms with Crippen molar-refractivity contribution in [1.82, 2.24) is 5.32 Å². The molecule has 2 aromatic carbocycles. The molecule has 0 spiro atoms. The van der Waals surface area contributed by atoms with Crippen molar-refractivity contribution in [2.24, 2.45) is 0 Å². The minimum Gasteiger partial charge on any atom is -0.463 e. The quantitative estimate of drug-likeness (QED) is 0.375. The summed E-state index contributed by atoms with van der Waals surface area (Å²) in [6.45, 7) is 0.897. The van der Waals surface area contributed by atoms with Crippen molar-refractivity contribution in [3.8, 4) is 0 Å². The number of alkyl halides is 3. The molecule has 2 N–H and O–H groups in total. The van der Waals surface area contributed by atoms with Crippen LogP contribution in [-0.4, -0.2) is 30.3 Å². The number of hydrogen-bond donors (Lipinski definition) is 2. The van der Waals surface area contributed by atoms with Gasteiger partial charge in [-0.25, -0.2) is 9.18 Å². The van der Waals surface area contributed by atoms with Gasteiger partial charge in [-0.3, -0.25) is 4.79 Å². The van der Waals surface area contributed by atoms with Crippen LogP contribution >= 0.6 is 23.2 Å². The van der Waals surface area contributed by atoms with Crippen LogP contribution in [0.25, 0.3) is 0 Å². The Morgan fingerprint density at radius 2 is 1.72 bits per heavy atom. The fourth-order valence-corrected chi connectivity index (χ4v) is 2.71. The molecule has 1 atom stereocenters. The average Bonchev–Trinajstić information content (AvgIpc) is 2.63. The van der Waals surface area contributed by atoms with E-state index in [1.54, 1.807) is 5.32 Å². The van der Waals surface area contributed by atoms with E-state index in [1.807, 2.05) is 5.32 Å². The minimum atomic E-state index is -5.36. The summed E-state index contributed by atoms with van der Waals surface area (Å²) in [5.41, 5.74) is -4.38. The third-order valence-corrected chi connectivity index (χ3v) is 4.30. The van der Waals surface area contributed by atoms with Crippen LogP contribution in [0.5, 0.6) is 0 Å². The maximum Gasteiger partial charge on any atom is 0.441 e. The summed E-state index contributed by atoms with van der Waals surface area (Å²) in [6.07, 6.45) is -5.36. The molecular formula is C18H14Cl2F4N2O3. The lowest BCUT2D eigenvalue weighted by molar-refractivity contribution is -0.204. The number of anilines is 1. The van der Waals surface area contributed by atoms with Gasteiger partial charge in [-0.15, -0.1) is 0 Å². The molecule has 0 aliphatic heterocycles. The van der Waals surface area contributed by atoms with Crippen LogP contribution in [0, 0.1) is 5.82 Å². The van der Waals surface area contributed by atoms with E-state index >= 15 is 0 Å². The summed E-state index contributed by atoms with van der Waals surface area (Å²) in [6, 6.07) is 7.88. The van der Waals surface area contributed by atoms with Gasteiger partial charge in [0.25, 0.3) is 5.91 Å². The first kappa shape index (κ1) is 22.8. The van der Waals surface area contributed by atoms with E-state index in [2.05, 4.69) is 4.74 Å². The smallest absolute Gasteiger partial charge is 0.441 e. The van der Waals surface area contributed by atoms with Gasteiger partial charge in [0, 0.05) is 5.69 Å². The average molecular weight is 453 g/mol. The first-order chi connectivity index (χ1) is 13.5. The second kappa shape index (κ2) is 8.87. The van der Waals surface area contributed by atoms with Gasteiger partial charge in [-0.05, 0) is 37.3 Å². The van der Waals surface area contributed by atoms with Crippen LogP contribution in [0.2, 0.25) is 10.0 Å². The maximum absolute atomic E-state index is 14.1. The fraction of sp³-hybridized carbons (Fsp3) is 0.222. The third-order valence-electron chi connectivity index (χ3n) is 3.68. The van der Waals surface area contributed by atoms with E-state index in [-0.39, 0.29) is 16.3 Å². The van der Waals surface area contributed by atoms with Crippen LogP contribution in [0.3, 0.4) is 0 Å². The molecule has 0 unspecified atom stereocenters. The molecule has 29 heavy (non-hydrogen) atoms. The van der Waals surface area contributed by atoms with Gasteiger partial charge < -0.3 is 15.4 Å². The summed E-state index contributed by atoms with van der Waals surface area (Å²) < 4.78 is 60.1. The molecule has 0 radical (unpaired) electrons. The lowest BCUT2D eigenvalue weighted by Crippen LogP contribution is -2.69. The summed E-state index contributed by atoms with van der Waals surface area (Å²) in [5.74, 6) is -4.00. The van der Waals surface area contributed by atoms with Crippen LogP contribution in [0.1, 0.15) is 17.3 Å². The summed E-state index contributed by atoms with van der Waals surface area (Å²) in [7, 11) is 0. The van der Waals surface area contributed by atoms with Crippen molar-refractivity contribution in [2.45, 2.75) is 18.8 Å². The third kappa shape index (κ3) is 4.91. The monoisotopic (exact) mass is 452 g/mol. The molecule has 0 heterocycles. The first-order valence-electron chi connectivity index (χ1n) is 8.06. The molecule has 0 saturated carbocycles. The molecule has 11 heteroatoms. The van der Waals surface area contributed by atoms with E-state index in [0.717, 1.165) is 18.2 Å². The SMILES string of the molecule is CCOC(=O)[C@@](NC(=O)c1ccccc1Cl)(Nc1ccc(F)c(Cl)c1)C(F)(F)F. The van der Waals surface area contributed by atoms with Gasteiger partial charge >= 0.3 is 17.8 Å². The Morgan fingerprint density at radius 1 is 1.07 bits per heavy atom. The Kier molecular flexibility index (Phi) is 6.97. The van der Waals surface area contributed by atoms with Gasteiger partial charge in [0.1, 0.15) is 5.82 Å². The van der Waals surface area contributed by atoms with Gasteiger partial charge in [-0.2, -0.15) is 13.2 Å². The highest BCUT2D eigenvalue weighted by Gasteiger charge is 2.63. The molecule has 0 saturated heterocycles. The molecular weight excluding hydrogens is 439 g/mol. The highest BCUT2D eigenvalue weighted by molar-refractivity contribution is 6.34. The Bertz CT molecular complexity index is 924. The molecule has 156 valence electrons. The number of nitrogens with one attached hydrogen (secondary N) is 2. The normalized spacial score (nSPS) is 13.3. The molecule has 0 aliphatic carbocycles. The number of amides is 1. The van der Waals surface area contributed by atoms with Crippen molar-refractivity contribution >= 4 is 40.8 Å². The number of esters is 1. The topological polar surface area (TPSA) is 67.4 Å². The number of halogens is 6. The van der Waals surface area contributed by atoms with Gasteiger partial charge in [0.15, 0.2) is 0 Å². The number of benzene rings is 2. The van der Waals surface area contributed by atoms with Crippen molar-refractivity contribution in [3.63, 3.8) is 0 Å². The second-order valence-electron chi connectivity index (χ2n) is 5.66. The number of ether oxygens (including phenoxy) is 1. The van der Waals surface area contributed by atoms with E-state index < -0.39 is 41.2 Å². The van der Waals surface area contributed by atoms with Crippen LogP contribution in [-0.2, 0) is 9.53 Å². The van der Waals surface area contributed by atoms with Gasteiger partial charge in [0.05, 0.1) is 22.2 Å². The summed E-state index contributed by atoms with van der Waals surface area (Å²) >= 11 is 11.5. The van der Waals surface area contributed by atoms with E-state index in [9.17, 15) is 27.2 Å². The first-order valence-corrected chi connectivity index (χ1v) is 8.81. The van der Waals surface area contributed by atoms with Crippen molar-refractivity contribution in [3.05, 3.63) is 63.9 Å².